The van der Waals surface area contributed by atoms with Gasteiger partial charge in [0.2, 0.25) is 70.9 Å². The van der Waals surface area contributed by atoms with E-state index in [1.807, 2.05) is 20.8 Å². The maximum Gasteiger partial charge on any atom is 0.246 e. The van der Waals surface area contributed by atoms with Gasteiger partial charge in [0.1, 0.15) is 54.4 Å². The summed E-state index contributed by atoms with van der Waals surface area (Å²) in [6.07, 6.45) is 2.66. The molecule has 2 aromatic carbocycles. The van der Waals surface area contributed by atoms with E-state index in [1.165, 1.54) is 9.80 Å². The van der Waals surface area contributed by atoms with E-state index < -0.39 is 144 Å². The lowest BCUT2D eigenvalue weighted by Crippen LogP contribution is -2.61. The third kappa shape index (κ3) is 23.2. The number of hydrogen-bond donors (Lipinski definition) is 13. The van der Waals surface area contributed by atoms with Crippen molar-refractivity contribution in [2.24, 2.45) is 39.8 Å². The molecule has 5 rings (SSSR count). The molecular formula is C61H92N16O12S. The fourth-order valence-corrected chi connectivity index (χ4v) is 11.7. The van der Waals surface area contributed by atoms with Crippen LogP contribution in [0.4, 0.5) is 0 Å². The molecule has 2 aromatic rings. The first-order valence-electron chi connectivity index (χ1n) is 31.0. The highest BCUT2D eigenvalue weighted by Gasteiger charge is 2.43. The van der Waals surface area contributed by atoms with Gasteiger partial charge in [-0.25, -0.2) is 0 Å². The van der Waals surface area contributed by atoms with Crippen molar-refractivity contribution in [2.75, 3.05) is 50.8 Å². The number of nitrogens with zero attached hydrogens (tertiary/aromatic N) is 3. The standard InChI is InChI=1S/C61H92N16O12S/c1-5-37(4)51-58(87)74-44(31-39-19-10-7-11-20-39)60(89)77-28-15-23-46(77)56(85)72-41(22-14-26-66-61(64)65)54(83)71-40(21-12-13-25-62)52(81)68-33-49(79)70-45(53(82)67-32-48(63)78)34-90-35-50(80)69-43(30-38-17-8-6-9-18-38)59(88)76-27-16-24-47(76)57(86)73-42(29-36(2)3)55(84)75-51/h6-11,17-20,36-37,40-47,51H,5,12-16,21-35,62H2,1-4H3,(H2,63,78)(H,67,82)(H,68,81)(H,69,80)(H,70,79)(H,71,83)(H,72,85)(H,73,86)(H,74,87)(H,75,84)(H4,64,65,66)/t37-,40-,41-,42-,43-,44-,45-,46-,47-,51-/m0/s1. The van der Waals surface area contributed by atoms with Crippen molar-refractivity contribution >= 4 is 88.6 Å². The highest BCUT2D eigenvalue weighted by atomic mass is 32.2. The Morgan fingerprint density at radius 2 is 1.14 bits per heavy atom. The van der Waals surface area contributed by atoms with E-state index in [0.717, 1.165) is 11.8 Å². The van der Waals surface area contributed by atoms with Crippen molar-refractivity contribution in [2.45, 2.75) is 166 Å². The number of guanidine groups is 1. The van der Waals surface area contributed by atoms with Gasteiger partial charge >= 0.3 is 0 Å². The summed E-state index contributed by atoms with van der Waals surface area (Å²) in [7, 11) is 0. The Balaban J connectivity index is 1.55. The Kier molecular flexibility index (Phi) is 29.7. The molecule has 28 nitrogen and oxygen atoms in total. The highest BCUT2D eigenvalue weighted by molar-refractivity contribution is 8.00. The molecule has 0 spiro atoms. The molecular weight excluding hydrogens is 1180 g/mol. The molecule has 0 radical (unpaired) electrons. The first kappa shape index (κ1) is 72.4. The Morgan fingerprint density at radius 1 is 0.622 bits per heavy atom. The molecule has 3 heterocycles. The van der Waals surface area contributed by atoms with Crippen LogP contribution in [0.15, 0.2) is 65.7 Å². The zero-order valence-corrected chi connectivity index (χ0v) is 52.7. The van der Waals surface area contributed by atoms with E-state index in [0.29, 0.717) is 43.2 Å². The average Bonchev–Trinajstić information content (AvgIpc) is 1.81. The second-order valence-corrected chi connectivity index (χ2v) is 24.4. The zero-order chi connectivity index (χ0) is 65.9. The van der Waals surface area contributed by atoms with Crippen molar-refractivity contribution in [3.05, 3.63) is 71.8 Å². The summed E-state index contributed by atoms with van der Waals surface area (Å²) in [4.78, 5) is 176. The van der Waals surface area contributed by atoms with E-state index in [-0.39, 0.29) is 101 Å². The van der Waals surface area contributed by atoms with E-state index in [9.17, 15) is 52.7 Å². The van der Waals surface area contributed by atoms with Crippen LogP contribution in [0.25, 0.3) is 0 Å². The van der Waals surface area contributed by atoms with Gasteiger partial charge in [0.05, 0.1) is 18.8 Å². The number of nitrogens with one attached hydrogen (secondary N) is 9. The summed E-state index contributed by atoms with van der Waals surface area (Å²) in [5, 5.41) is 24.3. The van der Waals surface area contributed by atoms with Crippen molar-refractivity contribution in [1.82, 2.24) is 57.7 Å². The highest BCUT2D eigenvalue weighted by Crippen LogP contribution is 2.24. The summed E-state index contributed by atoms with van der Waals surface area (Å²) in [6, 6.07) is 6.62. The Bertz CT molecular complexity index is 2830. The fraction of sp³-hybridized carbons (Fsp3) is 0.590. The molecule has 0 bridgehead atoms. The van der Waals surface area contributed by atoms with Crippen molar-refractivity contribution in [1.29, 1.82) is 0 Å². The lowest BCUT2D eigenvalue weighted by atomic mass is 9.95. The van der Waals surface area contributed by atoms with E-state index in [1.54, 1.807) is 67.6 Å². The van der Waals surface area contributed by atoms with Crippen LogP contribution in [0.3, 0.4) is 0 Å². The summed E-state index contributed by atoms with van der Waals surface area (Å²) >= 11 is 0.901. The molecule has 0 aliphatic carbocycles. The molecule has 3 fully saturated rings. The molecule has 3 aliphatic heterocycles. The number of primary amides is 1. The van der Waals surface area contributed by atoms with Crippen LogP contribution in [0.2, 0.25) is 0 Å². The SMILES string of the molecule is CC[C@H](C)[C@@H]1NC(=O)[C@H](CC(C)C)NC(=O)[C@@H]2CCCN2C(=O)[C@H](Cc2ccccc2)NC(=O)CSC[C@@H](C(=O)NCC(N)=O)NC(=O)CNC(=O)[C@H](CCCCN)NC(=O)[C@H](CCCN=C(N)N)NC(=O)[C@@H]2CCCN2C(=O)[C@H](Cc2ccccc2)NC1=O. The zero-order valence-electron chi connectivity index (χ0n) is 51.9. The summed E-state index contributed by atoms with van der Waals surface area (Å²) in [5.74, 6) is -10.3. The maximum atomic E-state index is 15.0. The van der Waals surface area contributed by atoms with Gasteiger partial charge in [0.15, 0.2) is 5.96 Å². The molecule has 0 saturated carbocycles. The molecule has 90 heavy (non-hydrogen) atoms. The van der Waals surface area contributed by atoms with Gasteiger partial charge in [-0.15, -0.1) is 11.8 Å². The predicted octanol–water partition coefficient (Wildman–Crippen LogP) is -2.41. The van der Waals surface area contributed by atoms with Crippen LogP contribution in [-0.4, -0.2) is 192 Å². The minimum absolute atomic E-state index is 0.0164. The first-order chi connectivity index (χ1) is 43.0. The lowest BCUT2D eigenvalue weighted by molar-refractivity contribution is -0.143. The number of aliphatic imine (C=N–C) groups is 1. The fourth-order valence-electron chi connectivity index (χ4n) is 10.9. The van der Waals surface area contributed by atoms with Crippen molar-refractivity contribution < 1.29 is 57.5 Å². The number of rotatable bonds is 19. The topological polar surface area (TPSA) is 436 Å². The van der Waals surface area contributed by atoms with Crippen molar-refractivity contribution in [3.63, 3.8) is 0 Å². The number of hydrogen-bond acceptors (Lipinski definition) is 15. The van der Waals surface area contributed by atoms with E-state index >= 15 is 4.79 Å². The quantitative estimate of drug-likeness (QED) is 0.0396. The number of amides is 12. The summed E-state index contributed by atoms with van der Waals surface area (Å²) < 4.78 is 0. The average molecular weight is 1270 g/mol. The second-order valence-electron chi connectivity index (χ2n) is 23.4. The minimum atomic E-state index is -1.40. The number of fused-ring (bicyclic) bond motifs is 2. The molecule has 3 saturated heterocycles. The molecule has 494 valence electrons. The predicted molar refractivity (Wildman–Crippen MR) is 338 cm³/mol. The van der Waals surface area contributed by atoms with Gasteiger partial charge in [-0.2, -0.15) is 0 Å². The Hall–Kier alpha value is -8.34. The molecule has 29 heteroatoms. The van der Waals surface area contributed by atoms with Crippen LogP contribution >= 0.6 is 11.8 Å². The molecule has 12 amide bonds. The third-order valence-electron chi connectivity index (χ3n) is 15.8. The summed E-state index contributed by atoms with van der Waals surface area (Å²) in [5.41, 5.74) is 23.6. The molecule has 0 unspecified atom stereocenters. The lowest BCUT2D eigenvalue weighted by Gasteiger charge is -2.32. The van der Waals surface area contributed by atoms with E-state index in [2.05, 4.69) is 52.8 Å². The number of carbonyl (C=O) groups is 12. The second kappa shape index (κ2) is 37.0. The smallest absolute Gasteiger partial charge is 0.246 e. The van der Waals surface area contributed by atoms with Gasteiger partial charge in [-0.1, -0.05) is 94.8 Å². The number of unbranched alkanes of at least 4 members (excludes halogenated alkanes) is 1. The van der Waals surface area contributed by atoms with Gasteiger partial charge in [0, 0.05) is 38.2 Å². The number of nitrogens with two attached hydrogens (primary N) is 4. The van der Waals surface area contributed by atoms with Crippen LogP contribution in [0.5, 0.6) is 0 Å². The number of benzene rings is 2. The van der Waals surface area contributed by atoms with Gasteiger partial charge < -0.3 is 80.6 Å². The van der Waals surface area contributed by atoms with Crippen LogP contribution in [0.1, 0.15) is 109 Å². The third-order valence-corrected chi connectivity index (χ3v) is 16.8. The molecule has 17 N–H and O–H groups in total. The Morgan fingerprint density at radius 3 is 1.69 bits per heavy atom. The molecule has 10 atom stereocenters. The van der Waals surface area contributed by atoms with Crippen LogP contribution < -0.4 is 70.8 Å². The van der Waals surface area contributed by atoms with Gasteiger partial charge in [-0.05, 0) is 93.7 Å². The molecule has 0 aromatic heterocycles. The van der Waals surface area contributed by atoms with E-state index in [4.69, 9.17) is 22.9 Å². The maximum absolute atomic E-state index is 15.0. The number of carbonyl (C=O) groups excluding carboxylic acids is 12. The minimum Gasteiger partial charge on any atom is -0.370 e. The van der Waals surface area contributed by atoms with Crippen LogP contribution in [0, 0.1) is 11.8 Å². The summed E-state index contributed by atoms with van der Waals surface area (Å²) in [6.45, 7) is 6.54. The normalized spacial score (nSPS) is 24.8. The van der Waals surface area contributed by atoms with Crippen molar-refractivity contribution in [3.8, 4) is 0 Å². The van der Waals surface area contributed by atoms with Gasteiger partial charge in [-0.3, -0.25) is 62.5 Å². The Labute approximate surface area is 529 Å². The van der Waals surface area contributed by atoms with Gasteiger partial charge in [0.25, 0.3) is 0 Å². The number of thioether (sulfide) groups is 1. The first-order valence-corrected chi connectivity index (χ1v) is 32.1. The largest absolute Gasteiger partial charge is 0.370 e. The van der Waals surface area contributed by atoms with Crippen LogP contribution in [-0.2, 0) is 70.4 Å². The molecule has 3 aliphatic rings. The monoisotopic (exact) mass is 1270 g/mol.